The molecule has 0 aliphatic rings. The third kappa shape index (κ3) is 13.9. The van der Waals surface area contributed by atoms with Crippen LogP contribution >= 0.6 is 0 Å². The lowest BCUT2D eigenvalue weighted by atomic mass is 10.2. The van der Waals surface area contributed by atoms with Gasteiger partial charge in [0.1, 0.15) is 0 Å². The van der Waals surface area contributed by atoms with Crippen molar-refractivity contribution in [3.05, 3.63) is 36.5 Å². The first-order chi connectivity index (χ1) is 9.66. The van der Waals surface area contributed by atoms with Crippen LogP contribution in [0.25, 0.3) is 0 Å². The van der Waals surface area contributed by atoms with Crippen LogP contribution in [-0.4, -0.2) is 12.5 Å². The predicted octanol–water partition coefficient (Wildman–Crippen LogP) is 3.23. The van der Waals surface area contributed by atoms with E-state index in [1.54, 1.807) is 12.2 Å². The van der Waals surface area contributed by atoms with Crippen LogP contribution in [-0.2, 0) is 4.79 Å². The number of hydrogen-bond donors (Lipinski definition) is 1. The topological polar surface area (TPSA) is 29.1 Å². The van der Waals surface area contributed by atoms with E-state index in [1.165, 1.54) is 6.08 Å². The van der Waals surface area contributed by atoms with Gasteiger partial charge in [0.05, 0.1) is 0 Å². The average molecular weight is 269 g/mol. The molecule has 20 heavy (non-hydrogen) atoms. The van der Waals surface area contributed by atoms with Gasteiger partial charge in [-0.2, -0.15) is 0 Å². The van der Waals surface area contributed by atoms with Gasteiger partial charge >= 0.3 is 0 Å². The molecule has 0 atom stereocenters. The van der Waals surface area contributed by atoms with Crippen molar-refractivity contribution in [1.82, 2.24) is 5.32 Å². The van der Waals surface area contributed by atoms with Crippen molar-refractivity contribution in [1.29, 1.82) is 0 Å². The third-order valence-corrected chi connectivity index (χ3v) is 2.09. The number of rotatable bonds is 6. The highest BCUT2D eigenvalue weighted by Crippen LogP contribution is 1.90. The van der Waals surface area contributed by atoms with Gasteiger partial charge in [0.15, 0.2) is 0 Å². The predicted molar refractivity (Wildman–Crippen MR) is 85.7 cm³/mol. The molecule has 2 nitrogen and oxygen atoms in total. The second-order valence-corrected chi connectivity index (χ2v) is 4.54. The number of carbonyl (C=O) groups excluding carboxylic acids is 1. The highest BCUT2D eigenvalue weighted by atomic mass is 16.1. The Hall–Kier alpha value is -2.19. The van der Waals surface area contributed by atoms with Crippen molar-refractivity contribution >= 4 is 5.91 Å². The molecule has 0 saturated heterocycles. The fourth-order valence-electron chi connectivity index (χ4n) is 1.10. The summed E-state index contributed by atoms with van der Waals surface area (Å²) in [6, 6.07) is 0. The van der Waals surface area contributed by atoms with Gasteiger partial charge in [-0.3, -0.25) is 4.79 Å². The van der Waals surface area contributed by atoms with E-state index in [0.29, 0.717) is 12.5 Å². The van der Waals surface area contributed by atoms with E-state index in [4.69, 9.17) is 0 Å². The summed E-state index contributed by atoms with van der Waals surface area (Å²) in [5.41, 5.74) is 0. The van der Waals surface area contributed by atoms with Crippen LogP contribution < -0.4 is 5.32 Å². The Balaban J connectivity index is 3.76. The number of allylic oxidation sites excluding steroid dienone is 5. The van der Waals surface area contributed by atoms with E-state index in [1.807, 2.05) is 25.2 Å². The first-order valence-electron chi connectivity index (χ1n) is 6.87. The standard InChI is InChI=1S/C18H23NO/c1-4-5-6-7-8-9-10-11-12-13-14-15-18(20)19-16-17(2)3/h4-5,12-15,17H,10-11,16H2,1-3H3,(H,19,20). The molecule has 0 rings (SSSR count). The van der Waals surface area contributed by atoms with Crippen LogP contribution in [0.1, 0.15) is 33.6 Å². The lowest BCUT2D eigenvalue weighted by molar-refractivity contribution is -0.116. The Morgan fingerprint density at radius 3 is 2.75 bits per heavy atom. The summed E-state index contributed by atoms with van der Waals surface area (Å²) in [5.74, 6) is 11.7. The van der Waals surface area contributed by atoms with E-state index in [-0.39, 0.29) is 5.91 Å². The van der Waals surface area contributed by atoms with Gasteiger partial charge in [-0.15, -0.1) is 0 Å². The number of unbranched alkanes of at least 4 members (excludes halogenated alkanes) is 1. The summed E-state index contributed by atoms with van der Waals surface area (Å²) in [5, 5.41) is 2.81. The molecular weight excluding hydrogens is 246 g/mol. The lowest BCUT2D eigenvalue weighted by Gasteiger charge is -2.03. The molecule has 2 heteroatoms. The maximum atomic E-state index is 11.3. The van der Waals surface area contributed by atoms with Gasteiger partial charge in [-0.05, 0) is 37.2 Å². The normalized spacial score (nSPS) is 10.6. The van der Waals surface area contributed by atoms with Crippen LogP contribution in [0.4, 0.5) is 0 Å². The zero-order valence-electron chi connectivity index (χ0n) is 12.6. The minimum atomic E-state index is -0.0533. The maximum Gasteiger partial charge on any atom is 0.243 e. The molecule has 0 unspecified atom stereocenters. The maximum absolute atomic E-state index is 11.3. The van der Waals surface area contributed by atoms with Gasteiger partial charge in [0.2, 0.25) is 5.91 Å². The molecule has 106 valence electrons. The van der Waals surface area contributed by atoms with Crippen molar-refractivity contribution in [2.45, 2.75) is 33.6 Å². The van der Waals surface area contributed by atoms with Crippen molar-refractivity contribution in [2.24, 2.45) is 5.92 Å². The molecule has 0 aliphatic heterocycles. The number of hydrogen-bond acceptors (Lipinski definition) is 1. The van der Waals surface area contributed by atoms with Gasteiger partial charge in [-0.1, -0.05) is 50.0 Å². The molecule has 0 bridgehead atoms. The monoisotopic (exact) mass is 269 g/mol. The molecule has 0 fully saturated rings. The summed E-state index contributed by atoms with van der Waals surface area (Å²) < 4.78 is 0. The number of nitrogens with one attached hydrogen (secondary N) is 1. The van der Waals surface area contributed by atoms with Gasteiger partial charge < -0.3 is 5.32 Å². The summed E-state index contributed by atoms with van der Waals surface area (Å²) in [4.78, 5) is 11.3. The molecule has 0 aliphatic carbocycles. The molecular formula is C18H23NO. The van der Waals surface area contributed by atoms with Gasteiger partial charge in [0, 0.05) is 19.0 Å². The zero-order chi connectivity index (χ0) is 15.1. The van der Waals surface area contributed by atoms with E-state index in [9.17, 15) is 4.79 Å². The highest BCUT2D eigenvalue weighted by molar-refractivity contribution is 5.87. The van der Waals surface area contributed by atoms with E-state index in [0.717, 1.165) is 12.8 Å². The average Bonchev–Trinajstić information content (AvgIpc) is 2.42. The quantitative estimate of drug-likeness (QED) is 0.341. The Kier molecular flexibility index (Phi) is 11.8. The van der Waals surface area contributed by atoms with Crippen molar-refractivity contribution in [3.63, 3.8) is 0 Å². The molecule has 0 spiro atoms. The molecule has 1 N–H and O–H groups in total. The Labute approximate surface area is 123 Å². The summed E-state index contributed by atoms with van der Waals surface area (Å²) in [6.45, 7) is 6.75. The summed E-state index contributed by atoms with van der Waals surface area (Å²) in [6.07, 6.45) is 12.4. The van der Waals surface area contributed by atoms with Crippen molar-refractivity contribution < 1.29 is 4.79 Å². The first-order valence-corrected chi connectivity index (χ1v) is 6.87. The van der Waals surface area contributed by atoms with E-state index >= 15 is 0 Å². The van der Waals surface area contributed by atoms with Crippen LogP contribution in [0.15, 0.2) is 36.5 Å². The smallest absolute Gasteiger partial charge is 0.243 e. The fourth-order valence-corrected chi connectivity index (χ4v) is 1.10. The van der Waals surface area contributed by atoms with E-state index in [2.05, 4.69) is 42.8 Å². The van der Waals surface area contributed by atoms with Crippen LogP contribution in [0.2, 0.25) is 0 Å². The SMILES string of the molecule is CC=CC#CC#CCCC=CC=CC(=O)NCC(C)C. The number of carbonyl (C=O) groups is 1. The fraction of sp³-hybridized carbons (Fsp3) is 0.389. The molecule has 0 aromatic carbocycles. The van der Waals surface area contributed by atoms with Crippen LogP contribution in [0, 0.1) is 29.6 Å². The van der Waals surface area contributed by atoms with Crippen LogP contribution in [0.5, 0.6) is 0 Å². The Morgan fingerprint density at radius 1 is 1.25 bits per heavy atom. The van der Waals surface area contributed by atoms with Crippen molar-refractivity contribution in [3.8, 4) is 23.7 Å². The largest absolute Gasteiger partial charge is 0.352 e. The van der Waals surface area contributed by atoms with Gasteiger partial charge in [-0.25, -0.2) is 0 Å². The molecule has 0 aromatic heterocycles. The summed E-state index contributed by atoms with van der Waals surface area (Å²) >= 11 is 0. The second kappa shape index (κ2) is 13.2. The van der Waals surface area contributed by atoms with Crippen LogP contribution in [0.3, 0.4) is 0 Å². The minimum Gasteiger partial charge on any atom is -0.352 e. The molecule has 0 saturated carbocycles. The Bertz CT molecular complexity index is 473. The molecule has 1 amide bonds. The highest BCUT2D eigenvalue weighted by Gasteiger charge is 1.95. The zero-order valence-corrected chi connectivity index (χ0v) is 12.6. The summed E-state index contributed by atoms with van der Waals surface area (Å²) in [7, 11) is 0. The number of amides is 1. The first kappa shape index (κ1) is 17.8. The minimum absolute atomic E-state index is 0.0533. The molecule has 0 radical (unpaired) electrons. The third-order valence-electron chi connectivity index (χ3n) is 2.09. The van der Waals surface area contributed by atoms with Crippen molar-refractivity contribution in [2.75, 3.05) is 6.54 Å². The Morgan fingerprint density at radius 2 is 2.05 bits per heavy atom. The van der Waals surface area contributed by atoms with Gasteiger partial charge in [0.25, 0.3) is 0 Å². The second-order valence-electron chi connectivity index (χ2n) is 4.54. The van der Waals surface area contributed by atoms with E-state index < -0.39 is 0 Å². The molecule has 0 aromatic rings. The molecule has 0 heterocycles. The lowest BCUT2D eigenvalue weighted by Crippen LogP contribution is -2.25.